The van der Waals surface area contributed by atoms with E-state index in [1.165, 1.54) is 29.2 Å². The van der Waals surface area contributed by atoms with Gasteiger partial charge in [-0.05, 0) is 0 Å². The van der Waals surface area contributed by atoms with E-state index in [4.69, 9.17) is 16.4 Å². The Kier molecular flexibility index (Phi) is 9.34. The number of fused-ring (bicyclic) bond motifs is 1. The summed E-state index contributed by atoms with van der Waals surface area (Å²) in [7, 11) is 1.24. The number of aliphatic hydroxyl groups excluding tert-OH is 1. The molecule has 32 heavy (non-hydrogen) atoms. The van der Waals surface area contributed by atoms with E-state index in [0.717, 1.165) is 11.3 Å². The fraction of sp³-hybridized carbons (Fsp3) is 0.500. The van der Waals surface area contributed by atoms with Crippen LogP contribution in [0.15, 0.2) is 10.5 Å². The minimum atomic E-state index is -1.43. The number of anilines is 1. The third-order valence-corrected chi connectivity index (χ3v) is 7.29. The van der Waals surface area contributed by atoms with Gasteiger partial charge in [-0.1, -0.05) is 5.16 Å². The van der Waals surface area contributed by atoms with Crippen LogP contribution >= 0.6 is 34.7 Å². The Hall–Kier alpha value is -1.42. The van der Waals surface area contributed by atoms with E-state index < -0.39 is 47.1 Å². The maximum atomic E-state index is 12.8. The van der Waals surface area contributed by atoms with Crippen molar-refractivity contribution in [2.24, 2.45) is 10.6 Å². The van der Waals surface area contributed by atoms with Gasteiger partial charge in [0.2, 0.25) is 11.8 Å². The van der Waals surface area contributed by atoms with Crippen LogP contribution in [-0.2, 0) is 24.0 Å². The molecule has 2 aliphatic rings. The van der Waals surface area contributed by atoms with Gasteiger partial charge in [0.05, 0.1) is 6.61 Å². The van der Waals surface area contributed by atoms with Gasteiger partial charge in [-0.15, -0.1) is 34.7 Å². The van der Waals surface area contributed by atoms with Crippen LogP contribution in [0, 0.1) is 5.41 Å². The van der Waals surface area contributed by atoms with Crippen molar-refractivity contribution in [1.82, 2.24) is 15.2 Å². The number of hydrogen-bond acceptors (Lipinski definition) is 10. The van der Waals surface area contributed by atoms with E-state index in [1.807, 2.05) is 0 Å². The molecule has 2 fully saturated rings. The van der Waals surface area contributed by atoms with Crippen molar-refractivity contribution in [1.29, 1.82) is 0 Å². The van der Waals surface area contributed by atoms with Gasteiger partial charge in [-0.2, -0.15) is 0 Å². The van der Waals surface area contributed by atoms with Crippen molar-refractivity contribution in [3.63, 3.8) is 0 Å². The molecule has 3 rings (SSSR count). The van der Waals surface area contributed by atoms with Crippen molar-refractivity contribution < 1.29 is 34.2 Å². The number of hydrogen-bond donors (Lipinski definition) is 4. The molecular weight excluding hydrogens is 497 g/mol. The van der Waals surface area contributed by atoms with Gasteiger partial charge in [-0.3, -0.25) is 19.2 Å². The summed E-state index contributed by atoms with van der Waals surface area (Å²) in [5, 5.41) is 28.8. The molecule has 170 valence electrons. The minimum absolute atomic E-state index is 0. The van der Waals surface area contributed by atoms with Crippen molar-refractivity contribution in [3.8, 4) is 0 Å². The quantitative estimate of drug-likeness (QED) is 0.106. The predicted octanol–water partition coefficient (Wildman–Crippen LogP) is -1.51. The molecule has 2 aliphatic heterocycles. The van der Waals surface area contributed by atoms with Crippen molar-refractivity contribution in [2.75, 3.05) is 37.2 Å². The van der Waals surface area contributed by atoms with Crippen molar-refractivity contribution in [2.45, 2.75) is 11.4 Å². The number of amides is 3. The Balaban J connectivity index is 0.00000363. The second-order valence-electron chi connectivity index (χ2n) is 6.70. The van der Waals surface area contributed by atoms with Gasteiger partial charge < -0.3 is 30.6 Å². The summed E-state index contributed by atoms with van der Waals surface area (Å²) in [5.74, 6) is -3.00. The van der Waals surface area contributed by atoms with E-state index in [9.17, 15) is 29.4 Å². The number of halogens is 1. The average molecular weight is 516 g/mol. The van der Waals surface area contributed by atoms with Gasteiger partial charge in [-0.25, -0.2) is 4.98 Å². The first-order valence-corrected chi connectivity index (χ1v) is 11.2. The fourth-order valence-electron chi connectivity index (χ4n) is 3.02. The van der Waals surface area contributed by atoms with Crippen LogP contribution in [0.4, 0.5) is 5.13 Å². The summed E-state index contributed by atoms with van der Waals surface area (Å²) in [6.45, 7) is -0.740. The van der Waals surface area contributed by atoms with E-state index in [0.29, 0.717) is 0 Å². The number of aliphatic carboxylic acids is 1. The first-order chi connectivity index (χ1) is 14.8. The Morgan fingerprint density at radius 2 is 2.19 bits per heavy atom. The molecule has 3 heterocycles. The van der Waals surface area contributed by atoms with Crippen LogP contribution in [0.3, 0.4) is 0 Å². The Labute approximate surface area is 217 Å². The number of β-lactam (4-membered cyclic amide) rings is 1. The topological polar surface area (TPSA) is 171 Å². The molecule has 0 radical (unpaired) electrons. The number of carbonyl (C=O) groups is 4. The molecule has 12 nitrogen and oxygen atoms in total. The van der Waals surface area contributed by atoms with Crippen LogP contribution in [0.25, 0.3) is 0 Å². The molecule has 4 N–H and O–H groups in total. The molecule has 16 heteroatoms. The number of aliphatic hydroxyl groups is 1. The van der Waals surface area contributed by atoms with E-state index >= 15 is 0 Å². The predicted molar refractivity (Wildman–Crippen MR) is 119 cm³/mol. The van der Waals surface area contributed by atoms with Gasteiger partial charge in [0.15, 0.2) is 10.8 Å². The third-order valence-electron chi connectivity index (χ3n) is 4.70. The van der Waals surface area contributed by atoms with E-state index in [1.54, 1.807) is 0 Å². The van der Waals surface area contributed by atoms with Gasteiger partial charge in [0, 0.05) is 17.7 Å². The summed E-state index contributed by atoms with van der Waals surface area (Å²) >= 11 is 7.65. The fourth-order valence-corrected chi connectivity index (χ4v) is 5.33. The molecule has 0 spiro atoms. The first kappa shape index (κ1) is 26.8. The molecule has 0 bridgehead atoms. The Morgan fingerprint density at radius 3 is 2.78 bits per heavy atom. The molecule has 3 atom stereocenters. The summed E-state index contributed by atoms with van der Waals surface area (Å²) in [6.07, 6.45) is 0. The average Bonchev–Trinajstić information content (AvgIpc) is 3.22. The standard InChI is InChI=1S/C16H18ClN5O7S2.Na.H/c1-29-21-9(7-3-30-15(18-7)19-8(24)2-17)11(25)20-10-12(26)22-4-16(5-23,14(27)28)6-31-13(10)22;;/h3,10,13,23H,2,4-6H2,1H3,(H,20,25)(H,27,28)(H,18,19,24);;/t10?,13-,16?;;/m1../s1. The third kappa shape index (κ3) is 5.21. The van der Waals surface area contributed by atoms with Gasteiger partial charge in [0.25, 0.3) is 5.91 Å². The number of carboxylic acid groups (broad SMARTS) is 1. The van der Waals surface area contributed by atoms with Crippen molar-refractivity contribution in [3.05, 3.63) is 11.1 Å². The number of rotatable bonds is 8. The van der Waals surface area contributed by atoms with Crippen LogP contribution < -0.4 is 10.6 Å². The molecule has 2 unspecified atom stereocenters. The summed E-state index contributed by atoms with van der Waals surface area (Å²) in [6, 6.07) is -0.890. The van der Waals surface area contributed by atoms with Crippen LogP contribution in [0.1, 0.15) is 5.69 Å². The zero-order valence-corrected chi connectivity index (χ0v) is 18.4. The molecule has 0 aliphatic carbocycles. The summed E-state index contributed by atoms with van der Waals surface area (Å²) < 4.78 is 0. The van der Waals surface area contributed by atoms with Crippen LogP contribution in [-0.4, -0.2) is 122 Å². The van der Waals surface area contributed by atoms with E-state index in [-0.39, 0.29) is 64.3 Å². The zero-order chi connectivity index (χ0) is 22.8. The van der Waals surface area contributed by atoms with Crippen LogP contribution in [0.5, 0.6) is 0 Å². The second-order valence-corrected chi connectivity index (χ2v) is 8.93. The summed E-state index contributed by atoms with van der Waals surface area (Å²) in [4.78, 5) is 58.3. The number of nitrogens with zero attached hydrogens (tertiary/aromatic N) is 3. The molecule has 2 saturated heterocycles. The Bertz CT molecular complexity index is 948. The number of thiazole rings is 1. The number of carboxylic acids is 1. The van der Waals surface area contributed by atoms with Gasteiger partial charge >= 0.3 is 35.5 Å². The number of oxime groups is 1. The summed E-state index contributed by atoms with van der Waals surface area (Å²) in [5.41, 5.74) is -1.51. The molecule has 0 aromatic carbocycles. The SMILES string of the molecule is CON=C(C(=O)NC1C(=O)N2CC(CO)(C(=O)O)CS[C@H]12)c1csc(NC(=O)CCl)n1.[NaH]. The van der Waals surface area contributed by atoms with E-state index in [2.05, 4.69) is 20.8 Å². The van der Waals surface area contributed by atoms with Gasteiger partial charge in [0.1, 0.15) is 35.5 Å². The molecule has 1 aromatic rings. The molecule has 3 amide bonds. The molecule has 0 saturated carbocycles. The van der Waals surface area contributed by atoms with Crippen LogP contribution in [0.2, 0.25) is 0 Å². The Morgan fingerprint density at radius 1 is 1.47 bits per heavy atom. The number of thioether (sulfide) groups is 1. The van der Waals surface area contributed by atoms with Crippen molar-refractivity contribution >= 4 is 98.8 Å². The molecule has 1 aromatic heterocycles. The number of nitrogens with one attached hydrogen (secondary N) is 2. The number of aromatic nitrogens is 1. The normalized spacial score (nSPS) is 24.5. The number of alkyl halides is 1. The zero-order valence-electron chi connectivity index (χ0n) is 16.0. The number of carbonyl (C=O) groups excluding carboxylic acids is 3. The second kappa shape index (κ2) is 11.1. The maximum absolute atomic E-state index is 12.8. The monoisotopic (exact) mass is 515 g/mol. The first-order valence-electron chi connectivity index (χ1n) is 8.76. The molecular formula is C16H19ClN5NaO7S2.